The van der Waals surface area contributed by atoms with E-state index in [0.717, 1.165) is 11.1 Å². The van der Waals surface area contributed by atoms with Gasteiger partial charge in [-0.2, -0.15) is 0 Å². The van der Waals surface area contributed by atoms with Crippen LogP contribution in [0.1, 0.15) is 16.5 Å². The van der Waals surface area contributed by atoms with Crippen LogP contribution in [0.15, 0.2) is 42.5 Å². The Labute approximate surface area is 131 Å². The van der Waals surface area contributed by atoms with Gasteiger partial charge in [0.05, 0.1) is 11.4 Å². The molecule has 2 aromatic carbocycles. The summed E-state index contributed by atoms with van der Waals surface area (Å²) >= 11 is 7.45. The maximum atomic E-state index is 13.5. The summed E-state index contributed by atoms with van der Waals surface area (Å²) < 4.78 is 13.5. The highest BCUT2D eigenvalue weighted by molar-refractivity contribution is 8.00. The predicted molar refractivity (Wildman–Crippen MR) is 85.3 cm³/mol. The van der Waals surface area contributed by atoms with E-state index in [9.17, 15) is 9.18 Å². The second-order valence-corrected chi connectivity index (χ2v) is 6.41. The summed E-state index contributed by atoms with van der Waals surface area (Å²) in [6.45, 7) is 1.88. The Morgan fingerprint density at radius 3 is 2.67 bits per heavy atom. The minimum absolute atomic E-state index is 0.00588. The van der Waals surface area contributed by atoms with Gasteiger partial charge in [0.2, 0.25) is 5.91 Å². The molecule has 0 aromatic heterocycles. The Hall–Kier alpha value is -1.52. The second-order valence-electron chi connectivity index (χ2n) is 4.91. The number of halogens is 2. The van der Waals surface area contributed by atoms with E-state index in [1.165, 1.54) is 23.9 Å². The normalized spacial score (nSPS) is 18.3. The summed E-state index contributed by atoms with van der Waals surface area (Å²) in [5.74, 6) is 0.0484. The van der Waals surface area contributed by atoms with Crippen molar-refractivity contribution in [1.29, 1.82) is 0 Å². The van der Waals surface area contributed by atoms with Crippen molar-refractivity contribution in [2.45, 2.75) is 12.3 Å². The van der Waals surface area contributed by atoms with Gasteiger partial charge in [-0.3, -0.25) is 9.69 Å². The van der Waals surface area contributed by atoms with Crippen LogP contribution < -0.4 is 4.90 Å². The zero-order valence-corrected chi connectivity index (χ0v) is 12.9. The molecular weight excluding hydrogens is 309 g/mol. The molecular formula is C16H13ClFNOS. The van der Waals surface area contributed by atoms with Crippen molar-refractivity contribution >= 4 is 35.0 Å². The maximum Gasteiger partial charge on any atom is 0.238 e. The minimum Gasteiger partial charge on any atom is -0.295 e. The quantitative estimate of drug-likeness (QED) is 0.807. The monoisotopic (exact) mass is 321 g/mol. The van der Waals surface area contributed by atoms with Gasteiger partial charge < -0.3 is 0 Å². The first-order valence-electron chi connectivity index (χ1n) is 6.51. The van der Waals surface area contributed by atoms with E-state index < -0.39 is 0 Å². The fourth-order valence-electron chi connectivity index (χ4n) is 2.40. The van der Waals surface area contributed by atoms with Crippen molar-refractivity contribution in [2.75, 3.05) is 10.7 Å². The molecule has 21 heavy (non-hydrogen) atoms. The number of aryl methyl sites for hydroxylation is 1. The lowest BCUT2D eigenvalue weighted by atomic mass is 10.1. The molecule has 1 unspecified atom stereocenters. The van der Waals surface area contributed by atoms with Crippen molar-refractivity contribution in [3.05, 3.63) is 64.4 Å². The smallest absolute Gasteiger partial charge is 0.238 e. The number of carbonyl (C=O) groups excluding carboxylic acids is 1. The molecule has 0 bridgehead atoms. The topological polar surface area (TPSA) is 20.3 Å². The molecule has 2 aromatic rings. The van der Waals surface area contributed by atoms with Gasteiger partial charge in [0.1, 0.15) is 11.2 Å². The first-order valence-corrected chi connectivity index (χ1v) is 7.94. The lowest BCUT2D eigenvalue weighted by molar-refractivity contribution is -0.115. The molecule has 1 heterocycles. The third-order valence-corrected chi connectivity index (χ3v) is 4.92. The molecule has 1 aliphatic rings. The minimum atomic E-state index is -0.338. The summed E-state index contributed by atoms with van der Waals surface area (Å²) in [5, 5.41) is 0.511. The zero-order chi connectivity index (χ0) is 15.0. The van der Waals surface area contributed by atoms with Crippen LogP contribution in [0, 0.1) is 12.7 Å². The van der Waals surface area contributed by atoms with E-state index in [1.54, 1.807) is 23.1 Å². The van der Waals surface area contributed by atoms with Crippen molar-refractivity contribution in [1.82, 2.24) is 0 Å². The van der Waals surface area contributed by atoms with Crippen molar-refractivity contribution in [3.8, 4) is 0 Å². The second kappa shape index (κ2) is 5.70. The molecule has 3 rings (SSSR count). The Balaban J connectivity index is 2.03. The number of hydrogen-bond acceptors (Lipinski definition) is 2. The molecule has 0 N–H and O–H groups in total. The van der Waals surface area contributed by atoms with Crippen molar-refractivity contribution in [3.63, 3.8) is 0 Å². The summed E-state index contributed by atoms with van der Waals surface area (Å²) in [4.78, 5) is 13.9. The van der Waals surface area contributed by atoms with E-state index in [4.69, 9.17) is 11.6 Å². The van der Waals surface area contributed by atoms with Gasteiger partial charge >= 0.3 is 0 Å². The van der Waals surface area contributed by atoms with Crippen LogP contribution in [0.3, 0.4) is 0 Å². The van der Waals surface area contributed by atoms with Crippen LogP contribution in [0.4, 0.5) is 10.1 Å². The average Bonchev–Trinajstić information content (AvgIpc) is 2.84. The SMILES string of the molecule is Cc1ccc(F)cc1N1C(=O)CSC1c1ccc(Cl)cc1. The first kappa shape index (κ1) is 14.4. The summed E-state index contributed by atoms with van der Waals surface area (Å²) in [6.07, 6.45) is 0. The number of anilines is 1. The number of benzene rings is 2. The molecule has 0 radical (unpaired) electrons. The molecule has 0 saturated carbocycles. The van der Waals surface area contributed by atoms with Crippen LogP contribution in [0.2, 0.25) is 5.02 Å². The molecule has 2 nitrogen and oxygen atoms in total. The van der Waals surface area contributed by atoms with Gasteiger partial charge in [-0.25, -0.2) is 4.39 Å². The first-order chi connectivity index (χ1) is 10.1. The highest BCUT2D eigenvalue weighted by atomic mass is 35.5. The third kappa shape index (κ3) is 2.78. The molecule has 0 spiro atoms. The average molecular weight is 322 g/mol. The Kier molecular flexibility index (Phi) is 3.91. The number of hydrogen-bond donors (Lipinski definition) is 0. The van der Waals surface area contributed by atoms with Crippen LogP contribution in [-0.2, 0) is 4.79 Å². The third-order valence-electron chi connectivity index (χ3n) is 3.45. The molecule has 1 saturated heterocycles. The van der Waals surface area contributed by atoms with Crippen LogP contribution >= 0.6 is 23.4 Å². The van der Waals surface area contributed by atoms with Crippen LogP contribution in [0.5, 0.6) is 0 Å². The Bertz CT molecular complexity index is 689. The molecule has 1 fully saturated rings. The van der Waals surface area contributed by atoms with Crippen molar-refractivity contribution < 1.29 is 9.18 Å². The molecule has 5 heteroatoms. The predicted octanol–water partition coefficient (Wildman–Crippen LogP) is 4.57. The van der Waals surface area contributed by atoms with Crippen molar-refractivity contribution in [2.24, 2.45) is 0 Å². The molecule has 108 valence electrons. The summed E-state index contributed by atoms with van der Waals surface area (Å²) in [7, 11) is 0. The maximum absolute atomic E-state index is 13.5. The number of carbonyl (C=O) groups is 1. The highest BCUT2D eigenvalue weighted by Gasteiger charge is 2.34. The largest absolute Gasteiger partial charge is 0.295 e. The molecule has 1 aliphatic heterocycles. The number of rotatable bonds is 2. The lowest BCUT2D eigenvalue weighted by Crippen LogP contribution is -2.28. The molecule has 0 aliphatic carbocycles. The van der Waals surface area contributed by atoms with E-state index >= 15 is 0 Å². The van der Waals surface area contributed by atoms with Gasteiger partial charge in [0.25, 0.3) is 0 Å². The molecule has 1 atom stereocenters. The fourth-order valence-corrected chi connectivity index (χ4v) is 3.70. The summed E-state index contributed by atoms with van der Waals surface area (Å²) in [5.41, 5.74) is 2.50. The van der Waals surface area contributed by atoms with Crippen LogP contribution in [-0.4, -0.2) is 11.7 Å². The van der Waals surface area contributed by atoms with Gasteiger partial charge in [0.15, 0.2) is 0 Å². The van der Waals surface area contributed by atoms with Crippen LogP contribution in [0.25, 0.3) is 0 Å². The highest BCUT2D eigenvalue weighted by Crippen LogP contribution is 2.43. The van der Waals surface area contributed by atoms with Gasteiger partial charge in [0, 0.05) is 5.02 Å². The fraction of sp³-hybridized carbons (Fsp3) is 0.188. The zero-order valence-electron chi connectivity index (χ0n) is 11.3. The number of amides is 1. The lowest BCUT2D eigenvalue weighted by Gasteiger charge is -2.26. The van der Waals surface area contributed by atoms with E-state index in [0.29, 0.717) is 16.5 Å². The van der Waals surface area contributed by atoms with Gasteiger partial charge in [-0.1, -0.05) is 29.8 Å². The summed E-state index contributed by atoms with van der Waals surface area (Å²) in [6, 6.07) is 11.9. The van der Waals surface area contributed by atoms with E-state index in [1.807, 2.05) is 19.1 Å². The number of thioether (sulfide) groups is 1. The molecule has 1 amide bonds. The standard InChI is InChI=1S/C16H13ClFNOS/c1-10-2-7-13(18)8-14(10)19-15(20)9-21-16(19)11-3-5-12(17)6-4-11/h2-8,16H,9H2,1H3. The number of nitrogens with zero attached hydrogens (tertiary/aromatic N) is 1. The van der Waals surface area contributed by atoms with Gasteiger partial charge in [-0.15, -0.1) is 11.8 Å². The van der Waals surface area contributed by atoms with E-state index in [2.05, 4.69) is 0 Å². The van der Waals surface area contributed by atoms with E-state index in [-0.39, 0.29) is 17.1 Å². The Morgan fingerprint density at radius 1 is 1.24 bits per heavy atom. The Morgan fingerprint density at radius 2 is 1.95 bits per heavy atom. The van der Waals surface area contributed by atoms with Gasteiger partial charge in [-0.05, 0) is 42.3 Å².